The number of thiophene rings is 1. The summed E-state index contributed by atoms with van der Waals surface area (Å²) in [4.78, 5) is 15.5. The molecule has 0 N–H and O–H groups in total. The summed E-state index contributed by atoms with van der Waals surface area (Å²) in [7, 11) is 0. The van der Waals surface area contributed by atoms with Crippen LogP contribution in [-0.4, -0.2) is 15.0 Å². The zero-order valence-electron chi connectivity index (χ0n) is 29.6. The second-order valence-electron chi connectivity index (χ2n) is 14.0. The zero-order valence-corrected chi connectivity index (χ0v) is 30.5. The van der Waals surface area contributed by atoms with Crippen molar-refractivity contribution in [3.05, 3.63) is 188 Å². The van der Waals surface area contributed by atoms with E-state index in [4.69, 9.17) is 15.0 Å². The highest BCUT2D eigenvalue weighted by Crippen LogP contribution is 2.41. The van der Waals surface area contributed by atoms with Crippen LogP contribution < -0.4 is 0 Å². The molecule has 256 valence electrons. The topological polar surface area (TPSA) is 38.7 Å². The Bertz CT molecular complexity index is 3270. The average Bonchev–Trinajstić information content (AvgIpc) is 3.65. The number of fused-ring (bicyclic) bond motifs is 7. The summed E-state index contributed by atoms with van der Waals surface area (Å²) >= 11 is 1.84. The second kappa shape index (κ2) is 12.8. The third-order valence-corrected chi connectivity index (χ3v) is 11.8. The van der Waals surface area contributed by atoms with Crippen LogP contribution in [0.4, 0.5) is 0 Å². The molecule has 0 saturated carbocycles. The van der Waals surface area contributed by atoms with Gasteiger partial charge in [-0.05, 0) is 84.9 Å². The van der Waals surface area contributed by atoms with Crippen molar-refractivity contribution < 1.29 is 0 Å². The number of nitrogens with zero attached hydrogens (tertiary/aromatic N) is 3. The molecular formula is C51H31N3S. The maximum atomic E-state index is 5.17. The van der Waals surface area contributed by atoms with Crippen molar-refractivity contribution in [2.75, 3.05) is 0 Å². The minimum absolute atomic E-state index is 0.638. The maximum absolute atomic E-state index is 5.17. The average molecular weight is 718 g/mol. The number of hydrogen-bond donors (Lipinski definition) is 0. The highest BCUT2D eigenvalue weighted by Gasteiger charge is 2.16. The van der Waals surface area contributed by atoms with E-state index in [-0.39, 0.29) is 0 Å². The highest BCUT2D eigenvalue weighted by molar-refractivity contribution is 7.25. The molecule has 2 aromatic heterocycles. The van der Waals surface area contributed by atoms with Gasteiger partial charge >= 0.3 is 0 Å². The van der Waals surface area contributed by atoms with Gasteiger partial charge in [0.05, 0.1) is 0 Å². The monoisotopic (exact) mass is 717 g/mol. The molecule has 0 amide bonds. The molecule has 0 aliphatic heterocycles. The van der Waals surface area contributed by atoms with Gasteiger partial charge in [0, 0.05) is 36.9 Å². The molecule has 0 bridgehead atoms. The van der Waals surface area contributed by atoms with E-state index in [2.05, 4.69) is 188 Å². The molecule has 11 aromatic rings. The molecule has 3 nitrogen and oxygen atoms in total. The van der Waals surface area contributed by atoms with Crippen molar-refractivity contribution in [3.8, 4) is 56.4 Å². The minimum atomic E-state index is 0.638. The fourth-order valence-electron chi connectivity index (χ4n) is 8.02. The number of benzene rings is 9. The van der Waals surface area contributed by atoms with E-state index in [1.807, 2.05) is 11.3 Å². The largest absolute Gasteiger partial charge is 0.208 e. The van der Waals surface area contributed by atoms with Crippen molar-refractivity contribution in [3.63, 3.8) is 0 Å². The lowest BCUT2D eigenvalue weighted by atomic mass is 9.93. The molecule has 2 heterocycles. The van der Waals surface area contributed by atoms with Crippen LogP contribution in [0.2, 0.25) is 0 Å². The molecule has 0 radical (unpaired) electrons. The van der Waals surface area contributed by atoms with Crippen molar-refractivity contribution in [2.45, 2.75) is 0 Å². The van der Waals surface area contributed by atoms with Crippen LogP contribution in [-0.2, 0) is 0 Å². The van der Waals surface area contributed by atoms with E-state index >= 15 is 0 Å². The quantitative estimate of drug-likeness (QED) is 0.166. The molecule has 0 saturated heterocycles. The molecule has 0 unspecified atom stereocenters. The Morgan fingerprint density at radius 2 is 0.855 bits per heavy atom. The number of hydrogen-bond acceptors (Lipinski definition) is 4. The summed E-state index contributed by atoms with van der Waals surface area (Å²) in [5.41, 5.74) is 7.53. The summed E-state index contributed by atoms with van der Waals surface area (Å²) in [5.74, 6) is 1.92. The Balaban J connectivity index is 1.06. The molecule has 0 fully saturated rings. The molecule has 11 rings (SSSR count). The molecule has 55 heavy (non-hydrogen) atoms. The third-order valence-electron chi connectivity index (χ3n) is 10.7. The Morgan fingerprint density at radius 1 is 0.291 bits per heavy atom. The van der Waals surface area contributed by atoms with Crippen LogP contribution in [0.25, 0.3) is 109 Å². The molecule has 9 aromatic carbocycles. The Labute approximate surface area is 321 Å². The van der Waals surface area contributed by atoms with E-state index in [9.17, 15) is 0 Å². The maximum Gasteiger partial charge on any atom is 0.164 e. The van der Waals surface area contributed by atoms with E-state index < -0.39 is 0 Å². The fourth-order valence-corrected chi connectivity index (χ4v) is 9.16. The molecular weight excluding hydrogens is 687 g/mol. The standard InChI is InChI=1S/C51H31N3S/c1-2-12-35-29-39(28-23-32(35)11-1)51-53-49(34-26-24-33(25-27-34)45-31-37-13-3-4-16-40(37)42-17-5-6-18-43(42)45)52-50(54-51)38-15-9-14-36(30-38)41-20-10-22-47-48(41)44-19-7-8-21-46(44)55-47/h1-31H. The number of rotatable bonds is 5. The van der Waals surface area contributed by atoms with Gasteiger partial charge in [0.25, 0.3) is 0 Å². The molecule has 4 heteroatoms. The SMILES string of the molecule is c1cc(-c2nc(-c3ccc(-c4cc5ccccc5c5ccccc45)cc3)nc(-c3ccc4ccccc4c3)n2)cc(-c2cccc3sc4ccccc4c23)c1. The van der Waals surface area contributed by atoms with Gasteiger partial charge in [-0.3, -0.25) is 0 Å². The third kappa shape index (κ3) is 5.46. The van der Waals surface area contributed by atoms with Crippen molar-refractivity contribution in [1.29, 1.82) is 0 Å². The Kier molecular flexibility index (Phi) is 7.35. The van der Waals surface area contributed by atoms with Crippen LogP contribution in [0.5, 0.6) is 0 Å². The van der Waals surface area contributed by atoms with Crippen LogP contribution in [0.1, 0.15) is 0 Å². The lowest BCUT2D eigenvalue weighted by Gasteiger charge is -2.12. The van der Waals surface area contributed by atoms with Crippen molar-refractivity contribution in [2.24, 2.45) is 0 Å². The molecule has 0 aliphatic rings. The summed E-state index contributed by atoms with van der Waals surface area (Å²) in [6.45, 7) is 0. The summed E-state index contributed by atoms with van der Waals surface area (Å²) < 4.78 is 2.58. The first-order valence-corrected chi connectivity index (χ1v) is 19.3. The van der Waals surface area contributed by atoms with Crippen molar-refractivity contribution >= 4 is 63.8 Å². The Hall–Kier alpha value is -7.01. The van der Waals surface area contributed by atoms with Gasteiger partial charge in [-0.2, -0.15) is 0 Å². The fraction of sp³-hybridized carbons (Fsp3) is 0. The first-order valence-electron chi connectivity index (χ1n) is 18.5. The zero-order chi connectivity index (χ0) is 36.3. The smallest absolute Gasteiger partial charge is 0.164 e. The molecule has 0 atom stereocenters. The first kappa shape index (κ1) is 31.5. The summed E-state index contributed by atoms with van der Waals surface area (Å²) in [5, 5.41) is 9.88. The van der Waals surface area contributed by atoms with Crippen LogP contribution in [0, 0.1) is 0 Å². The van der Waals surface area contributed by atoms with Crippen molar-refractivity contribution in [1.82, 2.24) is 15.0 Å². The normalized spacial score (nSPS) is 11.6. The van der Waals surface area contributed by atoms with E-state index in [0.29, 0.717) is 17.5 Å². The van der Waals surface area contributed by atoms with E-state index in [0.717, 1.165) is 33.2 Å². The van der Waals surface area contributed by atoms with Crippen LogP contribution in [0.15, 0.2) is 188 Å². The van der Waals surface area contributed by atoms with E-state index in [1.54, 1.807) is 0 Å². The summed E-state index contributed by atoms with van der Waals surface area (Å²) in [6, 6.07) is 67.0. The van der Waals surface area contributed by atoms with Crippen LogP contribution >= 0.6 is 11.3 Å². The van der Waals surface area contributed by atoms with Gasteiger partial charge in [0.2, 0.25) is 0 Å². The highest BCUT2D eigenvalue weighted by atomic mass is 32.1. The van der Waals surface area contributed by atoms with Gasteiger partial charge < -0.3 is 0 Å². The predicted molar refractivity (Wildman–Crippen MR) is 232 cm³/mol. The lowest BCUT2D eigenvalue weighted by molar-refractivity contribution is 1.07. The molecule has 0 aliphatic carbocycles. The summed E-state index contributed by atoms with van der Waals surface area (Å²) in [6.07, 6.45) is 0. The van der Waals surface area contributed by atoms with Crippen LogP contribution in [0.3, 0.4) is 0 Å². The molecule has 0 spiro atoms. The Morgan fingerprint density at radius 3 is 1.67 bits per heavy atom. The predicted octanol–water partition coefficient (Wildman–Crippen LogP) is 14.0. The first-order chi connectivity index (χ1) is 27.2. The second-order valence-corrected chi connectivity index (χ2v) is 15.1. The minimum Gasteiger partial charge on any atom is -0.208 e. The lowest BCUT2D eigenvalue weighted by Crippen LogP contribution is -2.00. The van der Waals surface area contributed by atoms with E-state index in [1.165, 1.54) is 58.2 Å². The van der Waals surface area contributed by atoms with Gasteiger partial charge in [0.15, 0.2) is 17.5 Å². The van der Waals surface area contributed by atoms with Gasteiger partial charge in [-0.25, -0.2) is 15.0 Å². The number of aromatic nitrogens is 3. The van der Waals surface area contributed by atoms with Gasteiger partial charge in [0.1, 0.15) is 0 Å². The van der Waals surface area contributed by atoms with Gasteiger partial charge in [-0.15, -0.1) is 11.3 Å². The van der Waals surface area contributed by atoms with Gasteiger partial charge in [-0.1, -0.05) is 158 Å².